The van der Waals surface area contributed by atoms with Crippen LogP contribution in [-0.4, -0.2) is 28.1 Å². The van der Waals surface area contributed by atoms with Crippen LogP contribution in [0, 0.1) is 0 Å². The van der Waals surface area contributed by atoms with Gasteiger partial charge in [-0.1, -0.05) is 44.8 Å². The summed E-state index contributed by atoms with van der Waals surface area (Å²) in [6.45, 7) is 0.195. The van der Waals surface area contributed by atoms with Gasteiger partial charge in [-0.3, -0.25) is 0 Å². The van der Waals surface area contributed by atoms with E-state index in [1.807, 2.05) is 24.3 Å². The maximum atomic E-state index is 12.2. The van der Waals surface area contributed by atoms with Gasteiger partial charge in [0.05, 0.1) is 0 Å². The molecule has 0 bridgehead atoms. The van der Waals surface area contributed by atoms with E-state index in [0.717, 1.165) is 10.0 Å². The highest BCUT2D eigenvalue weighted by atomic mass is 79.9. The molecule has 3 aromatic rings. The lowest BCUT2D eigenvalue weighted by Gasteiger charge is -2.15. The minimum atomic E-state index is -0.287. The van der Waals surface area contributed by atoms with Crippen LogP contribution < -0.4 is 5.32 Å². The van der Waals surface area contributed by atoms with Crippen molar-refractivity contribution in [1.29, 1.82) is 0 Å². The Bertz CT molecular complexity index is 882. The Labute approximate surface area is 157 Å². The number of halogens is 2. The summed E-state index contributed by atoms with van der Waals surface area (Å²) in [6.07, 6.45) is 0. The Morgan fingerprint density at radius 2 is 2.04 bits per heavy atom. The molecule has 8 heteroatoms. The zero-order valence-corrected chi connectivity index (χ0v) is 15.6. The van der Waals surface area contributed by atoms with E-state index in [2.05, 4.69) is 31.4 Å². The maximum Gasteiger partial charge on any atom is 0.322 e. The van der Waals surface area contributed by atoms with Gasteiger partial charge < -0.3 is 14.7 Å². The van der Waals surface area contributed by atoms with Crippen LogP contribution in [0.25, 0.3) is 11.4 Å². The van der Waals surface area contributed by atoms with Crippen molar-refractivity contribution in [1.82, 2.24) is 15.0 Å². The van der Waals surface area contributed by atoms with Gasteiger partial charge in [-0.15, -0.1) is 0 Å². The lowest BCUT2D eigenvalue weighted by atomic mass is 10.2. The summed E-state index contributed by atoms with van der Waals surface area (Å²) in [4.78, 5) is 18.0. The van der Waals surface area contributed by atoms with Crippen molar-refractivity contribution in [2.24, 2.45) is 0 Å². The fourth-order valence-electron chi connectivity index (χ4n) is 2.09. The standard InChI is InChI=1S/C17H14BrClN4O2/c1-23(17(24)20-14-7-5-13(19)6-8-14)10-15-21-16(22-25-15)11-3-2-4-12(18)9-11/h2-9H,10H2,1H3,(H,20,24). The molecule has 0 saturated heterocycles. The fourth-order valence-corrected chi connectivity index (χ4v) is 2.62. The van der Waals surface area contributed by atoms with Crippen LogP contribution in [0.4, 0.5) is 10.5 Å². The summed E-state index contributed by atoms with van der Waals surface area (Å²) in [7, 11) is 1.65. The Balaban J connectivity index is 1.64. The predicted molar refractivity (Wildman–Crippen MR) is 99.4 cm³/mol. The molecule has 0 saturated carbocycles. The number of aromatic nitrogens is 2. The summed E-state index contributed by atoms with van der Waals surface area (Å²) in [6, 6.07) is 14.2. The Morgan fingerprint density at radius 1 is 1.28 bits per heavy atom. The molecule has 0 fully saturated rings. The normalized spacial score (nSPS) is 10.5. The number of rotatable bonds is 4. The molecule has 0 radical (unpaired) electrons. The van der Waals surface area contributed by atoms with Gasteiger partial charge in [-0.05, 0) is 36.4 Å². The number of benzene rings is 2. The molecule has 6 nitrogen and oxygen atoms in total. The Hall–Kier alpha value is -2.38. The van der Waals surface area contributed by atoms with Crippen LogP contribution in [0.5, 0.6) is 0 Å². The summed E-state index contributed by atoms with van der Waals surface area (Å²) < 4.78 is 6.16. The van der Waals surface area contributed by atoms with Gasteiger partial charge in [0, 0.05) is 27.8 Å². The van der Waals surface area contributed by atoms with E-state index < -0.39 is 0 Å². The first-order valence-corrected chi connectivity index (χ1v) is 8.54. The second-order valence-electron chi connectivity index (χ2n) is 5.32. The molecule has 2 amide bonds. The largest absolute Gasteiger partial charge is 0.337 e. The average molecular weight is 422 g/mol. The second kappa shape index (κ2) is 7.67. The van der Waals surface area contributed by atoms with E-state index in [9.17, 15) is 4.79 Å². The van der Waals surface area contributed by atoms with Crippen LogP contribution >= 0.6 is 27.5 Å². The lowest BCUT2D eigenvalue weighted by Crippen LogP contribution is -2.30. The molecule has 1 N–H and O–H groups in total. The van der Waals surface area contributed by atoms with E-state index in [1.54, 1.807) is 31.3 Å². The van der Waals surface area contributed by atoms with Gasteiger partial charge >= 0.3 is 6.03 Å². The third kappa shape index (κ3) is 4.58. The first-order valence-electron chi connectivity index (χ1n) is 7.37. The van der Waals surface area contributed by atoms with Gasteiger partial charge in [-0.25, -0.2) is 4.79 Å². The van der Waals surface area contributed by atoms with Gasteiger partial charge in [-0.2, -0.15) is 4.98 Å². The molecule has 0 spiro atoms. The summed E-state index contributed by atoms with van der Waals surface area (Å²) in [5.74, 6) is 0.826. The van der Waals surface area contributed by atoms with E-state index in [1.165, 1.54) is 4.90 Å². The van der Waals surface area contributed by atoms with Gasteiger partial charge in [0.15, 0.2) is 0 Å². The maximum absolute atomic E-state index is 12.2. The molecule has 128 valence electrons. The third-order valence-corrected chi connectivity index (χ3v) is 4.11. The molecule has 3 rings (SSSR count). The molecule has 2 aromatic carbocycles. The number of amides is 2. The highest BCUT2D eigenvalue weighted by Gasteiger charge is 2.15. The number of anilines is 1. The number of nitrogens with zero attached hydrogens (tertiary/aromatic N) is 3. The van der Waals surface area contributed by atoms with Gasteiger partial charge in [0.2, 0.25) is 11.7 Å². The fraction of sp³-hybridized carbons (Fsp3) is 0.118. The number of urea groups is 1. The summed E-state index contributed by atoms with van der Waals surface area (Å²) in [5, 5.41) is 7.33. The quantitative estimate of drug-likeness (QED) is 0.656. The van der Waals surface area contributed by atoms with E-state index in [0.29, 0.717) is 22.4 Å². The number of carbonyl (C=O) groups is 1. The van der Waals surface area contributed by atoms with Crippen molar-refractivity contribution < 1.29 is 9.32 Å². The van der Waals surface area contributed by atoms with Crippen molar-refractivity contribution in [2.45, 2.75) is 6.54 Å². The molecule has 0 atom stereocenters. The van der Waals surface area contributed by atoms with Gasteiger partial charge in [0.25, 0.3) is 0 Å². The highest BCUT2D eigenvalue weighted by molar-refractivity contribution is 9.10. The average Bonchev–Trinajstić information content (AvgIpc) is 3.05. The molecule has 1 aromatic heterocycles. The Morgan fingerprint density at radius 3 is 2.76 bits per heavy atom. The monoisotopic (exact) mass is 420 g/mol. The SMILES string of the molecule is CN(Cc1nc(-c2cccc(Br)c2)no1)C(=O)Nc1ccc(Cl)cc1. The molecule has 0 aliphatic carbocycles. The van der Waals surface area contributed by atoms with Crippen LogP contribution in [-0.2, 0) is 6.54 Å². The minimum Gasteiger partial charge on any atom is -0.337 e. The van der Waals surface area contributed by atoms with Crippen LogP contribution in [0.15, 0.2) is 57.5 Å². The number of hydrogen-bond acceptors (Lipinski definition) is 4. The molecular weight excluding hydrogens is 408 g/mol. The lowest BCUT2D eigenvalue weighted by molar-refractivity contribution is 0.213. The predicted octanol–water partition coefficient (Wildman–Crippen LogP) is 4.82. The summed E-state index contributed by atoms with van der Waals surface area (Å²) in [5.41, 5.74) is 1.49. The van der Waals surface area contributed by atoms with Crippen molar-refractivity contribution in [3.05, 3.63) is 63.9 Å². The molecule has 0 aliphatic heterocycles. The van der Waals surface area contributed by atoms with Crippen molar-refractivity contribution in [2.75, 3.05) is 12.4 Å². The molecule has 0 aliphatic rings. The van der Waals surface area contributed by atoms with E-state index in [4.69, 9.17) is 16.1 Å². The zero-order valence-electron chi connectivity index (χ0n) is 13.2. The van der Waals surface area contributed by atoms with Gasteiger partial charge in [0.1, 0.15) is 6.54 Å². The van der Waals surface area contributed by atoms with Crippen LogP contribution in [0.1, 0.15) is 5.89 Å². The van der Waals surface area contributed by atoms with Crippen molar-refractivity contribution in [3.8, 4) is 11.4 Å². The number of nitrogens with one attached hydrogen (secondary N) is 1. The highest BCUT2D eigenvalue weighted by Crippen LogP contribution is 2.20. The molecule has 1 heterocycles. The first kappa shape index (κ1) is 17.4. The topological polar surface area (TPSA) is 71.3 Å². The van der Waals surface area contributed by atoms with Crippen molar-refractivity contribution in [3.63, 3.8) is 0 Å². The molecular formula is C17H14BrClN4O2. The van der Waals surface area contributed by atoms with E-state index in [-0.39, 0.29) is 12.6 Å². The minimum absolute atomic E-state index is 0.195. The Kier molecular flexibility index (Phi) is 5.35. The molecule has 25 heavy (non-hydrogen) atoms. The number of carbonyl (C=O) groups excluding carboxylic acids is 1. The van der Waals surface area contributed by atoms with Crippen LogP contribution in [0.2, 0.25) is 5.02 Å². The third-order valence-electron chi connectivity index (χ3n) is 3.37. The smallest absolute Gasteiger partial charge is 0.322 e. The molecule has 0 unspecified atom stereocenters. The first-order chi connectivity index (χ1) is 12.0. The zero-order chi connectivity index (χ0) is 17.8. The number of hydrogen-bond donors (Lipinski definition) is 1. The van der Waals surface area contributed by atoms with E-state index >= 15 is 0 Å². The van der Waals surface area contributed by atoms with Crippen molar-refractivity contribution >= 4 is 39.2 Å². The summed E-state index contributed by atoms with van der Waals surface area (Å²) >= 11 is 9.23. The van der Waals surface area contributed by atoms with Crippen LogP contribution in [0.3, 0.4) is 0 Å². The second-order valence-corrected chi connectivity index (χ2v) is 6.67.